The molecule has 1 aromatic carbocycles. The molecule has 2 aliphatic rings. The van der Waals surface area contributed by atoms with Gasteiger partial charge in [0, 0.05) is 10.7 Å². The minimum absolute atomic E-state index is 0.129. The summed E-state index contributed by atoms with van der Waals surface area (Å²) in [5.41, 5.74) is 4.94. The number of benzene rings is 1. The molecule has 0 radical (unpaired) electrons. The Hall–Kier alpha value is -1.60. The van der Waals surface area contributed by atoms with E-state index in [-0.39, 0.29) is 12.4 Å². The molecule has 0 bridgehead atoms. The number of halogens is 4. The zero-order valence-corrected chi connectivity index (χ0v) is 12.3. The van der Waals surface area contributed by atoms with Crippen molar-refractivity contribution in [2.24, 2.45) is 10.7 Å². The summed E-state index contributed by atoms with van der Waals surface area (Å²) in [4.78, 5) is 5.59. The Morgan fingerprint density at radius 3 is 2.52 bits per heavy atom. The Kier molecular flexibility index (Phi) is 3.22. The van der Waals surface area contributed by atoms with Gasteiger partial charge in [-0.1, -0.05) is 28.1 Å². The van der Waals surface area contributed by atoms with Crippen LogP contribution in [0.2, 0.25) is 0 Å². The van der Waals surface area contributed by atoms with Crippen molar-refractivity contribution in [3.05, 3.63) is 58.2 Å². The molecule has 1 aromatic rings. The topological polar surface area (TPSA) is 41.6 Å². The first kappa shape index (κ1) is 14.3. The van der Waals surface area contributed by atoms with Gasteiger partial charge in [0.05, 0.1) is 12.1 Å². The van der Waals surface area contributed by atoms with Crippen LogP contribution in [0.4, 0.5) is 13.2 Å². The average molecular weight is 358 g/mol. The highest BCUT2D eigenvalue weighted by Gasteiger charge is 2.46. The van der Waals surface area contributed by atoms with E-state index >= 15 is 0 Å². The molecule has 7 heteroatoms. The van der Waals surface area contributed by atoms with Gasteiger partial charge in [0.2, 0.25) is 0 Å². The van der Waals surface area contributed by atoms with E-state index in [1.165, 1.54) is 11.0 Å². The van der Waals surface area contributed by atoms with Crippen LogP contribution >= 0.6 is 15.9 Å². The van der Waals surface area contributed by atoms with Gasteiger partial charge in [0.1, 0.15) is 5.84 Å². The van der Waals surface area contributed by atoms with Crippen LogP contribution in [-0.4, -0.2) is 23.5 Å². The molecule has 0 aliphatic carbocycles. The van der Waals surface area contributed by atoms with E-state index in [1.807, 2.05) is 0 Å². The zero-order valence-electron chi connectivity index (χ0n) is 10.7. The van der Waals surface area contributed by atoms with Gasteiger partial charge < -0.3 is 10.6 Å². The van der Waals surface area contributed by atoms with E-state index in [2.05, 4.69) is 20.9 Å². The molecule has 2 N–H and O–H groups in total. The fourth-order valence-corrected chi connectivity index (χ4v) is 2.66. The smallest absolute Gasteiger partial charge is 0.329 e. The molecule has 3 nitrogen and oxygen atoms in total. The number of aliphatic imine (C=N–C) groups is 1. The summed E-state index contributed by atoms with van der Waals surface area (Å²) in [6, 6.07) is 7.09. The van der Waals surface area contributed by atoms with E-state index in [0.29, 0.717) is 5.56 Å². The average Bonchev–Trinajstić information content (AvgIpc) is 2.75. The number of nitrogens with two attached hydrogens (primary N) is 1. The third-order valence-corrected chi connectivity index (χ3v) is 3.94. The van der Waals surface area contributed by atoms with Gasteiger partial charge in [-0.15, -0.1) is 0 Å². The summed E-state index contributed by atoms with van der Waals surface area (Å²) in [5, 5.41) is 0. The third-order valence-electron chi connectivity index (χ3n) is 3.41. The van der Waals surface area contributed by atoms with Crippen molar-refractivity contribution in [3.63, 3.8) is 0 Å². The van der Waals surface area contributed by atoms with Crippen LogP contribution in [-0.2, 0) is 5.66 Å². The molecule has 0 saturated carbocycles. The lowest BCUT2D eigenvalue weighted by Crippen LogP contribution is -2.40. The van der Waals surface area contributed by atoms with Crippen LogP contribution in [0.15, 0.2) is 57.7 Å². The van der Waals surface area contributed by atoms with Crippen molar-refractivity contribution in [2.45, 2.75) is 11.8 Å². The van der Waals surface area contributed by atoms with Gasteiger partial charge in [0.15, 0.2) is 5.66 Å². The van der Waals surface area contributed by atoms with Gasteiger partial charge in [0.25, 0.3) is 0 Å². The molecule has 3 rings (SSSR count). The van der Waals surface area contributed by atoms with Crippen molar-refractivity contribution in [3.8, 4) is 0 Å². The maximum atomic E-state index is 13.0. The fourth-order valence-electron chi connectivity index (χ4n) is 2.39. The quantitative estimate of drug-likeness (QED) is 0.837. The lowest BCUT2D eigenvalue weighted by molar-refractivity contribution is -0.0868. The molecule has 0 aromatic heterocycles. The molecule has 0 fully saturated rings. The Labute approximate surface area is 127 Å². The van der Waals surface area contributed by atoms with E-state index < -0.39 is 17.4 Å². The van der Waals surface area contributed by atoms with Crippen LogP contribution in [0.25, 0.3) is 0 Å². The maximum Gasteiger partial charge on any atom is 0.419 e. The molecule has 2 heterocycles. The highest BCUT2D eigenvalue weighted by molar-refractivity contribution is 9.10. The summed E-state index contributed by atoms with van der Waals surface area (Å²) < 4.78 is 40.0. The molecule has 0 saturated heterocycles. The number of hydrogen-bond acceptors (Lipinski definition) is 3. The molecular weight excluding hydrogens is 347 g/mol. The second-order valence-corrected chi connectivity index (χ2v) is 5.83. The predicted octanol–water partition coefficient (Wildman–Crippen LogP) is 3.29. The number of amidine groups is 1. The monoisotopic (exact) mass is 357 g/mol. The van der Waals surface area contributed by atoms with Crippen LogP contribution in [0.3, 0.4) is 0 Å². The van der Waals surface area contributed by atoms with Crippen LogP contribution in [0.5, 0.6) is 0 Å². The summed E-state index contributed by atoms with van der Waals surface area (Å²) in [5.74, 6) is -0.129. The normalized spacial score (nSPS) is 24.7. The Bertz CT molecular complexity index is 661. The number of rotatable bonds is 1. The van der Waals surface area contributed by atoms with Crippen LogP contribution < -0.4 is 5.73 Å². The molecule has 21 heavy (non-hydrogen) atoms. The van der Waals surface area contributed by atoms with Crippen molar-refractivity contribution in [2.75, 3.05) is 6.54 Å². The van der Waals surface area contributed by atoms with E-state index in [0.717, 1.165) is 10.5 Å². The molecule has 2 aliphatic heterocycles. The van der Waals surface area contributed by atoms with Crippen molar-refractivity contribution in [1.82, 2.24) is 4.90 Å². The minimum atomic E-state index is -4.45. The van der Waals surface area contributed by atoms with Gasteiger partial charge in [-0.05, 0) is 29.8 Å². The summed E-state index contributed by atoms with van der Waals surface area (Å²) in [6.45, 7) is 0.174. The second-order valence-electron chi connectivity index (χ2n) is 4.91. The van der Waals surface area contributed by atoms with Crippen molar-refractivity contribution < 1.29 is 13.2 Å². The Morgan fingerprint density at radius 2 is 1.90 bits per heavy atom. The lowest BCUT2D eigenvalue weighted by atomic mass is 10.0. The zero-order chi connectivity index (χ0) is 15.3. The minimum Gasteiger partial charge on any atom is -0.329 e. The highest BCUT2D eigenvalue weighted by Crippen LogP contribution is 2.37. The first-order valence-electron chi connectivity index (χ1n) is 6.17. The maximum absolute atomic E-state index is 13.0. The van der Waals surface area contributed by atoms with Crippen LogP contribution in [0, 0.1) is 0 Å². The Morgan fingerprint density at radius 1 is 1.24 bits per heavy atom. The molecular formula is C14H11BrF3N3. The summed E-state index contributed by atoms with van der Waals surface area (Å²) >= 11 is 3.31. The SMILES string of the molecule is NC1(c2ccc(Br)cc2)CN2C=CC=C(C(F)(F)F)C2=N1. The Balaban J connectivity index is 2.03. The molecule has 110 valence electrons. The molecule has 1 atom stereocenters. The van der Waals surface area contributed by atoms with Gasteiger partial charge >= 0.3 is 6.18 Å². The fraction of sp³-hybridized carbons (Fsp3) is 0.214. The first-order chi connectivity index (χ1) is 9.79. The largest absolute Gasteiger partial charge is 0.419 e. The lowest BCUT2D eigenvalue weighted by Gasteiger charge is -2.24. The van der Waals surface area contributed by atoms with E-state index in [1.54, 1.807) is 30.5 Å². The predicted molar refractivity (Wildman–Crippen MR) is 77.4 cm³/mol. The number of alkyl halides is 3. The van der Waals surface area contributed by atoms with Gasteiger partial charge in [-0.2, -0.15) is 13.2 Å². The van der Waals surface area contributed by atoms with Gasteiger partial charge in [-0.3, -0.25) is 0 Å². The number of allylic oxidation sites excluding steroid dienone is 2. The van der Waals surface area contributed by atoms with Crippen LogP contribution in [0.1, 0.15) is 5.56 Å². The molecule has 0 amide bonds. The number of hydrogen-bond donors (Lipinski definition) is 1. The summed E-state index contributed by atoms with van der Waals surface area (Å²) in [6.07, 6.45) is -0.522. The van der Waals surface area contributed by atoms with Gasteiger partial charge in [-0.25, -0.2) is 4.99 Å². The number of nitrogens with zero attached hydrogens (tertiary/aromatic N) is 2. The molecule has 1 unspecified atom stereocenters. The van der Waals surface area contributed by atoms with Crippen molar-refractivity contribution >= 4 is 21.8 Å². The standard InChI is InChI=1S/C14H11BrF3N3/c15-10-5-3-9(4-6-10)13(19)8-21-7-1-2-11(12(21)20-13)14(16,17)18/h1-7H,8,19H2. The van der Waals surface area contributed by atoms with Crippen molar-refractivity contribution in [1.29, 1.82) is 0 Å². The third kappa shape index (κ3) is 2.51. The highest BCUT2D eigenvalue weighted by atomic mass is 79.9. The van der Waals surface area contributed by atoms with E-state index in [9.17, 15) is 13.2 Å². The summed E-state index contributed by atoms with van der Waals surface area (Å²) in [7, 11) is 0. The number of fused-ring (bicyclic) bond motifs is 1. The second kappa shape index (κ2) is 4.71. The van der Waals surface area contributed by atoms with E-state index in [4.69, 9.17) is 5.73 Å². The first-order valence-corrected chi connectivity index (χ1v) is 6.96. The molecule has 0 spiro atoms.